The summed E-state index contributed by atoms with van der Waals surface area (Å²) in [6, 6.07) is 0. The van der Waals surface area contributed by atoms with Crippen molar-refractivity contribution in [2.75, 3.05) is 6.73 Å². The Hall–Kier alpha value is -0.160. The molecule has 1 rings (SSSR count). The van der Waals surface area contributed by atoms with Crippen LogP contribution < -0.4 is 0 Å². The van der Waals surface area contributed by atoms with E-state index in [4.69, 9.17) is 0 Å². The van der Waals surface area contributed by atoms with Gasteiger partial charge in [-0.3, -0.25) is 4.52 Å². The highest BCUT2D eigenvalue weighted by molar-refractivity contribution is 7.32. The first-order chi connectivity index (χ1) is 2.50. The fraction of sp³-hybridized carbons (Fsp3) is 0.500. The van der Waals surface area contributed by atoms with Crippen molar-refractivity contribution in [1.82, 2.24) is 0 Å². The summed E-state index contributed by atoms with van der Waals surface area (Å²) in [6.07, 6.45) is 0. The van der Waals surface area contributed by atoms with E-state index in [9.17, 15) is 0 Å². The average Bonchev–Trinajstić information content (AvgIpc) is 1.76. The van der Waals surface area contributed by atoms with Crippen LogP contribution >= 0.6 is 8.43 Å². The van der Waals surface area contributed by atoms with Gasteiger partial charge in [0.25, 0.3) is 0 Å². The molecule has 0 saturated heterocycles. The van der Waals surface area contributed by atoms with Gasteiger partial charge in [0.15, 0.2) is 6.73 Å². The van der Waals surface area contributed by atoms with Crippen LogP contribution in [0.3, 0.4) is 0 Å². The van der Waals surface area contributed by atoms with Gasteiger partial charge in [0.2, 0.25) is 0 Å². The summed E-state index contributed by atoms with van der Waals surface area (Å²) < 4.78 is 4.64. The summed E-state index contributed by atoms with van der Waals surface area (Å²) in [5.74, 6) is 0. The lowest BCUT2D eigenvalue weighted by atomic mass is 11.3. The van der Waals surface area contributed by atoms with Crippen LogP contribution in [0.15, 0.2) is 4.99 Å². The predicted octanol–water partition coefficient (Wildman–Crippen LogP) is 0.741. The zero-order valence-corrected chi connectivity index (χ0v) is 3.40. The van der Waals surface area contributed by atoms with E-state index in [1.807, 2.05) is 0 Å². The minimum absolute atomic E-state index is 0.502. The molecule has 1 aliphatic heterocycles. The molecule has 0 radical (unpaired) electrons. The van der Waals surface area contributed by atoms with Gasteiger partial charge in [-0.2, -0.15) is 0 Å². The quantitative estimate of drug-likeness (QED) is 0.399. The van der Waals surface area contributed by atoms with Crippen LogP contribution in [0.25, 0.3) is 0 Å². The van der Waals surface area contributed by atoms with Gasteiger partial charge in [-0.15, -0.1) is 0 Å². The zero-order valence-electron chi connectivity index (χ0n) is 2.51. The summed E-state index contributed by atoms with van der Waals surface area (Å²) >= 11 is 0. The lowest BCUT2D eigenvalue weighted by Crippen LogP contribution is -1.64. The van der Waals surface area contributed by atoms with Gasteiger partial charge >= 0.3 is 0 Å². The minimum Gasteiger partial charge on any atom is -0.294 e. The molecule has 1 aliphatic rings. The van der Waals surface area contributed by atoms with Crippen molar-refractivity contribution in [2.24, 2.45) is 4.99 Å². The molecule has 0 fully saturated rings. The van der Waals surface area contributed by atoms with E-state index in [-0.39, 0.29) is 0 Å². The summed E-state index contributed by atoms with van der Waals surface area (Å²) in [5.41, 5.74) is 2.60. The van der Waals surface area contributed by atoms with Crippen LogP contribution in [0.1, 0.15) is 0 Å². The van der Waals surface area contributed by atoms with Crippen LogP contribution in [-0.2, 0) is 4.52 Å². The normalized spacial score (nSPS) is 20.8. The Morgan fingerprint density at radius 2 is 3.00 bits per heavy atom. The third-order valence-electron chi connectivity index (χ3n) is 0.298. The molecular formula is C2H2NOP. The third-order valence-corrected chi connectivity index (χ3v) is 0.766. The van der Waals surface area contributed by atoms with Crippen molar-refractivity contribution in [3.05, 3.63) is 0 Å². The highest BCUT2D eigenvalue weighted by Crippen LogP contribution is 1.98. The molecule has 0 N–H and O–H groups in total. The number of rotatable bonds is 0. The molecule has 0 saturated carbocycles. The Morgan fingerprint density at radius 3 is 3.20 bits per heavy atom. The molecule has 1 heterocycles. The van der Waals surface area contributed by atoms with Gasteiger partial charge in [0, 0.05) is 5.59 Å². The Morgan fingerprint density at radius 1 is 2.00 bits per heavy atom. The second kappa shape index (κ2) is 1.32. The third kappa shape index (κ3) is 0.555. The van der Waals surface area contributed by atoms with Crippen LogP contribution in [0.5, 0.6) is 0 Å². The van der Waals surface area contributed by atoms with E-state index in [2.05, 4.69) is 15.1 Å². The van der Waals surface area contributed by atoms with E-state index in [0.29, 0.717) is 6.73 Å². The largest absolute Gasteiger partial charge is 0.294 e. The monoisotopic (exact) mass is 87.0 g/mol. The van der Waals surface area contributed by atoms with Crippen molar-refractivity contribution in [2.45, 2.75) is 0 Å². The highest BCUT2D eigenvalue weighted by Gasteiger charge is 1.77. The van der Waals surface area contributed by atoms with Gasteiger partial charge in [0.05, 0.1) is 0 Å². The van der Waals surface area contributed by atoms with Gasteiger partial charge < -0.3 is 0 Å². The van der Waals surface area contributed by atoms with E-state index in [1.54, 1.807) is 0 Å². The molecule has 0 aromatic carbocycles. The predicted molar refractivity (Wildman–Crippen MR) is 20.3 cm³/mol. The molecule has 0 aromatic heterocycles. The molecule has 0 spiro atoms. The first-order valence-corrected chi connectivity index (χ1v) is 2.05. The Kier molecular flexibility index (Phi) is 0.806. The van der Waals surface area contributed by atoms with Gasteiger partial charge in [-0.05, 0) is 0 Å². The zero-order chi connectivity index (χ0) is 3.54. The topological polar surface area (TPSA) is 21.6 Å². The van der Waals surface area contributed by atoms with Crippen molar-refractivity contribution in [1.29, 1.82) is 0 Å². The molecule has 5 heavy (non-hydrogen) atoms. The van der Waals surface area contributed by atoms with Crippen LogP contribution in [-0.4, -0.2) is 12.3 Å². The fourth-order valence-corrected chi connectivity index (χ4v) is 0.433. The lowest BCUT2D eigenvalue weighted by molar-refractivity contribution is 0.395. The maximum absolute atomic E-state index is 4.64. The Balaban J connectivity index is 2.64. The van der Waals surface area contributed by atoms with E-state index in [0.717, 1.165) is 8.43 Å². The number of hydrogen-bond donors (Lipinski definition) is 0. The molecule has 0 amide bonds. The lowest BCUT2D eigenvalue weighted by Gasteiger charge is -1.69. The Bertz CT molecular complexity index is 75.6. The van der Waals surface area contributed by atoms with Crippen LogP contribution in [0, 0.1) is 0 Å². The Labute approximate surface area is 31.4 Å². The van der Waals surface area contributed by atoms with Crippen molar-refractivity contribution in [3.8, 4) is 0 Å². The van der Waals surface area contributed by atoms with Crippen molar-refractivity contribution >= 4 is 14.0 Å². The van der Waals surface area contributed by atoms with Crippen molar-refractivity contribution < 1.29 is 4.52 Å². The van der Waals surface area contributed by atoms with Gasteiger partial charge in [-0.25, -0.2) is 4.99 Å². The SMILES string of the molecule is C1=NCOP=1. The average molecular weight is 87.0 g/mol. The summed E-state index contributed by atoms with van der Waals surface area (Å²) in [6.45, 7) is 0.502. The minimum atomic E-state index is 0.502. The van der Waals surface area contributed by atoms with E-state index in [1.165, 1.54) is 0 Å². The van der Waals surface area contributed by atoms with E-state index >= 15 is 0 Å². The molecule has 0 unspecified atom stereocenters. The number of aliphatic imine (C=N–C) groups is 1. The molecular weight excluding hydrogens is 85.0 g/mol. The van der Waals surface area contributed by atoms with Crippen molar-refractivity contribution in [3.63, 3.8) is 0 Å². The van der Waals surface area contributed by atoms with Gasteiger partial charge in [-0.1, -0.05) is 0 Å². The first kappa shape index (κ1) is 3.05. The standard InChI is InChI=1S/C2H2NOP/c1-3-2-5-4-1/h1H2. The fourth-order valence-electron chi connectivity index (χ4n) is 0.144. The molecule has 2 nitrogen and oxygen atoms in total. The molecule has 3 heteroatoms. The summed E-state index contributed by atoms with van der Waals surface area (Å²) in [7, 11) is 0.775. The van der Waals surface area contributed by atoms with Gasteiger partial charge in [0.1, 0.15) is 8.43 Å². The molecule has 0 atom stereocenters. The first-order valence-electron chi connectivity index (χ1n) is 1.23. The molecule has 0 bridgehead atoms. The second-order valence-corrected chi connectivity index (χ2v) is 1.25. The molecule has 0 aromatic rings. The van der Waals surface area contributed by atoms with Crippen LogP contribution in [0.2, 0.25) is 0 Å². The van der Waals surface area contributed by atoms with Crippen LogP contribution in [0.4, 0.5) is 0 Å². The number of hydrogen-bond acceptors (Lipinski definition) is 2. The molecule has 26 valence electrons. The maximum Gasteiger partial charge on any atom is 0.158 e. The summed E-state index contributed by atoms with van der Waals surface area (Å²) in [4.78, 5) is 3.60. The molecule has 0 aliphatic carbocycles. The second-order valence-electron chi connectivity index (χ2n) is 0.608. The smallest absolute Gasteiger partial charge is 0.158 e. The van der Waals surface area contributed by atoms with E-state index < -0.39 is 0 Å². The maximum atomic E-state index is 4.64. The highest BCUT2D eigenvalue weighted by atomic mass is 31.1. The summed E-state index contributed by atoms with van der Waals surface area (Å²) in [5, 5.41) is 0. The number of nitrogens with zero attached hydrogens (tertiary/aromatic N) is 1.